The second-order valence-corrected chi connectivity index (χ2v) is 4.53. The Balaban J connectivity index is 2.42. The maximum atomic E-state index is 11.6. The SMILES string of the molecule is N#C[C@]1(CO)O[C@@H](n2cc(Cl)c(=O)[nH]c2=O)C[C@@H]1O. The molecule has 0 amide bonds. The lowest BCUT2D eigenvalue weighted by atomic mass is 10.00. The van der Waals surface area contributed by atoms with Crippen LogP contribution in [0.25, 0.3) is 0 Å². The van der Waals surface area contributed by atoms with Crippen molar-refractivity contribution in [3.8, 4) is 6.07 Å². The third kappa shape index (κ3) is 2.17. The van der Waals surface area contributed by atoms with E-state index in [0.29, 0.717) is 0 Å². The number of aliphatic hydroxyl groups is 2. The predicted octanol–water partition coefficient (Wildman–Crippen LogP) is -1.28. The molecule has 2 heterocycles. The molecular weight excluding hydrogens is 278 g/mol. The van der Waals surface area contributed by atoms with Crippen LogP contribution in [0.15, 0.2) is 15.8 Å². The Morgan fingerprint density at radius 2 is 2.37 bits per heavy atom. The first-order chi connectivity index (χ1) is 8.93. The molecule has 0 unspecified atom stereocenters. The first-order valence-electron chi connectivity index (χ1n) is 5.32. The molecule has 19 heavy (non-hydrogen) atoms. The van der Waals surface area contributed by atoms with Crippen LogP contribution in [0.2, 0.25) is 5.02 Å². The number of halogens is 1. The van der Waals surface area contributed by atoms with Gasteiger partial charge >= 0.3 is 5.69 Å². The lowest BCUT2D eigenvalue weighted by molar-refractivity contribution is -0.0925. The molecule has 3 N–H and O–H groups in total. The molecule has 0 radical (unpaired) electrons. The summed E-state index contributed by atoms with van der Waals surface area (Å²) in [6, 6.07) is 1.68. The quantitative estimate of drug-likeness (QED) is 0.622. The molecule has 2 rings (SSSR count). The Labute approximate surface area is 111 Å². The third-order valence-electron chi connectivity index (χ3n) is 2.97. The summed E-state index contributed by atoms with van der Waals surface area (Å²) < 4.78 is 6.20. The zero-order valence-corrected chi connectivity index (χ0v) is 10.3. The van der Waals surface area contributed by atoms with E-state index in [0.717, 1.165) is 10.8 Å². The second kappa shape index (κ2) is 4.79. The summed E-state index contributed by atoms with van der Waals surface area (Å²) in [7, 11) is 0. The van der Waals surface area contributed by atoms with Gasteiger partial charge in [-0.2, -0.15) is 5.26 Å². The van der Waals surface area contributed by atoms with Gasteiger partial charge in [0, 0.05) is 12.6 Å². The van der Waals surface area contributed by atoms with Gasteiger partial charge in [0.15, 0.2) is 0 Å². The Morgan fingerprint density at radius 3 is 2.89 bits per heavy atom. The number of nitrogens with one attached hydrogen (secondary N) is 1. The lowest BCUT2D eigenvalue weighted by Crippen LogP contribution is -2.41. The number of aromatic amines is 1. The van der Waals surface area contributed by atoms with Crippen LogP contribution in [0.5, 0.6) is 0 Å². The predicted molar refractivity (Wildman–Crippen MR) is 62.5 cm³/mol. The zero-order chi connectivity index (χ0) is 14.2. The van der Waals surface area contributed by atoms with Crippen molar-refractivity contribution in [2.75, 3.05) is 6.61 Å². The molecule has 0 aromatic carbocycles. The van der Waals surface area contributed by atoms with Crippen molar-refractivity contribution >= 4 is 11.6 Å². The smallest absolute Gasteiger partial charge is 0.330 e. The van der Waals surface area contributed by atoms with Crippen LogP contribution in [0, 0.1) is 11.3 Å². The van der Waals surface area contributed by atoms with Gasteiger partial charge in [-0.25, -0.2) is 4.79 Å². The number of rotatable bonds is 2. The van der Waals surface area contributed by atoms with E-state index >= 15 is 0 Å². The molecule has 0 aliphatic carbocycles. The molecule has 1 aromatic heterocycles. The highest BCUT2D eigenvalue weighted by atomic mass is 35.5. The first kappa shape index (κ1) is 13.8. The highest BCUT2D eigenvalue weighted by Crippen LogP contribution is 2.35. The summed E-state index contributed by atoms with van der Waals surface area (Å²) in [5.41, 5.74) is -3.30. The molecule has 1 saturated heterocycles. The number of aliphatic hydroxyl groups excluding tert-OH is 2. The average Bonchev–Trinajstić information content (AvgIpc) is 2.71. The molecule has 1 fully saturated rings. The fourth-order valence-corrected chi connectivity index (χ4v) is 2.03. The van der Waals surface area contributed by atoms with Crippen molar-refractivity contribution in [3.63, 3.8) is 0 Å². The van der Waals surface area contributed by atoms with E-state index in [1.807, 2.05) is 4.98 Å². The summed E-state index contributed by atoms with van der Waals surface area (Å²) in [4.78, 5) is 24.7. The summed E-state index contributed by atoms with van der Waals surface area (Å²) in [6.45, 7) is -0.715. The van der Waals surface area contributed by atoms with Crippen LogP contribution in [0.1, 0.15) is 12.6 Å². The topological polar surface area (TPSA) is 128 Å². The van der Waals surface area contributed by atoms with Gasteiger partial charge in [0.05, 0.1) is 6.61 Å². The summed E-state index contributed by atoms with van der Waals surface area (Å²) in [5, 5.41) is 27.6. The van der Waals surface area contributed by atoms with Gasteiger partial charge in [0.25, 0.3) is 5.56 Å². The molecule has 0 bridgehead atoms. The van der Waals surface area contributed by atoms with Crippen LogP contribution in [0.3, 0.4) is 0 Å². The van der Waals surface area contributed by atoms with Gasteiger partial charge in [-0.1, -0.05) is 11.6 Å². The molecule has 0 spiro atoms. The van der Waals surface area contributed by atoms with Crippen molar-refractivity contribution < 1.29 is 14.9 Å². The number of aromatic nitrogens is 2. The van der Waals surface area contributed by atoms with E-state index in [-0.39, 0.29) is 11.4 Å². The zero-order valence-electron chi connectivity index (χ0n) is 9.54. The molecule has 1 aromatic rings. The van der Waals surface area contributed by atoms with Gasteiger partial charge in [-0.05, 0) is 0 Å². The lowest BCUT2D eigenvalue weighted by Gasteiger charge is -2.21. The minimum Gasteiger partial charge on any atom is -0.392 e. The van der Waals surface area contributed by atoms with Crippen molar-refractivity contribution in [1.82, 2.24) is 9.55 Å². The molecule has 1 aliphatic rings. The van der Waals surface area contributed by atoms with Crippen LogP contribution in [-0.4, -0.2) is 38.1 Å². The van der Waals surface area contributed by atoms with E-state index in [1.165, 1.54) is 0 Å². The highest BCUT2D eigenvalue weighted by Gasteiger charge is 2.49. The number of nitriles is 1. The minimum absolute atomic E-state index is 0.0869. The molecular formula is C10H10ClN3O5. The van der Waals surface area contributed by atoms with E-state index in [1.54, 1.807) is 6.07 Å². The number of hydrogen-bond acceptors (Lipinski definition) is 6. The van der Waals surface area contributed by atoms with Gasteiger partial charge in [-0.3, -0.25) is 14.3 Å². The molecule has 8 nitrogen and oxygen atoms in total. The van der Waals surface area contributed by atoms with Gasteiger partial charge in [0.2, 0.25) is 5.60 Å². The maximum Gasteiger partial charge on any atom is 0.330 e. The number of nitrogens with zero attached hydrogens (tertiary/aromatic N) is 2. The van der Waals surface area contributed by atoms with E-state index in [9.17, 15) is 14.7 Å². The molecule has 9 heteroatoms. The van der Waals surface area contributed by atoms with E-state index in [4.69, 9.17) is 26.7 Å². The Bertz CT molecular complexity index is 648. The Kier molecular flexibility index (Phi) is 3.47. The monoisotopic (exact) mass is 287 g/mol. The first-order valence-corrected chi connectivity index (χ1v) is 5.70. The van der Waals surface area contributed by atoms with Crippen molar-refractivity contribution in [3.05, 3.63) is 32.1 Å². The van der Waals surface area contributed by atoms with Crippen LogP contribution in [0.4, 0.5) is 0 Å². The average molecular weight is 288 g/mol. The van der Waals surface area contributed by atoms with Gasteiger partial charge in [-0.15, -0.1) is 0 Å². The molecule has 102 valence electrons. The standard InChI is InChI=1S/C10H10ClN3O5/c11-5-2-14(9(18)13-8(5)17)7-1-6(16)10(3-12,4-15)19-7/h2,6-7,15-16H,1,4H2,(H,13,17,18)/t6-,7+,10+/m0/s1. The second-order valence-electron chi connectivity index (χ2n) is 4.13. The van der Waals surface area contributed by atoms with Crippen molar-refractivity contribution in [2.45, 2.75) is 24.4 Å². The molecule has 3 atom stereocenters. The van der Waals surface area contributed by atoms with Crippen molar-refractivity contribution in [1.29, 1.82) is 5.26 Å². The summed E-state index contributed by atoms with van der Waals surface area (Å²) in [5.74, 6) is 0. The number of hydrogen-bond donors (Lipinski definition) is 3. The minimum atomic E-state index is -1.79. The van der Waals surface area contributed by atoms with Gasteiger partial charge in [0.1, 0.15) is 23.4 Å². The van der Waals surface area contributed by atoms with Crippen molar-refractivity contribution in [2.24, 2.45) is 0 Å². The normalized spacial score (nSPS) is 30.2. The Hall–Kier alpha value is -1.66. The largest absolute Gasteiger partial charge is 0.392 e. The van der Waals surface area contributed by atoms with Gasteiger partial charge < -0.3 is 14.9 Å². The van der Waals surface area contributed by atoms with E-state index < -0.39 is 35.8 Å². The van der Waals surface area contributed by atoms with Crippen LogP contribution in [-0.2, 0) is 4.74 Å². The van der Waals surface area contributed by atoms with E-state index in [2.05, 4.69) is 0 Å². The maximum absolute atomic E-state index is 11.6. The molecule has 0 saturated carbocycles. The molecule has 1 aliphatic heterocycles. The Morgan fingerprint density at radius 1 is 1.68 bits per heavy atom. The summed E-state index contributed by atoms with van der Waals surface area (Å²) in [6.07, 6.45) is -1.28. The highest BCUT2D eigenvalue weighted by molar-refractivity contribution is 6.30. The number of H-pyrrole nitrogens is 1. The fourth-order valence-electron chi connectivity index (χ4n) is 1.87. The third-order valence-corrected chi connectivity index (χ3v) is 3.24. The fraction of sp³-hybridized carbons (Fsp3) is 0.500. The number of ether oxygens (including phenoxy) is 1. The van der Waals surface area contributed by atoms with Crippen LogP contribution >= 0.6 is 11.6 Å². The summed E-state index contributed by atoms with van der Waals surface area (Å²) >= 11 is 5.60. The van der Waals surface area contributed by atoms with Crippen LogP contribution < -0.4 is 11.2 Å².